The molecule has 0 aliphatic carbocycles. The van der Waals surface area contributed by atoms with E-state index < -0.39 is 39.3 Å². The van der Waals surface area contributed by atoms with Gasteiger partial charge in [0.1, 0.15) is 11.5 Å². The largest absolute Gasteiger partial charge is 0.451 e. The van der Waals surface area contributed by atoms with Crippen molar-refractivity contribution in [3.8, 4) is 11.5 Å². The molecule has 0 aromatic heterocycles. The number of Topliss-reactive ketones (excluding diaryl/α,β-unsaturated/α-hetero) is 1. The molecule has 1 amide bonds. The average molecular weight is 759 g/mol. The Balaban J connectivity index is 1.54. The van der Waals surface area contributed by atoms with Crippen LogP contribution in [0.2, 0.25) is 0 Å². The Morgan fingerprint density at radius 1 is 0.750 bits per heavy atom. The van der Waals surface area contributed by atoms with Gasteiger partial charge in [-0.3, -0.25) is 4.79 Å². The summed E-state index contributed by atoms with van der Waals surface area (Å²) in [6, 6.07) is 6.86. The first-order valence-electron chi connectivity index (χ1n) is 16.4. The molecule has 0 aliphatic rings. The number of hydrogen-bond donors (Lipinski definition) is 3. The molecule has 0 spiro atoms. The van der Waals surface area contributed by atoms with Crippen molar-refractivity contribution in [2.75, 3.05) is 85.8 Å². The number of carbonyl (C=O) groups is 2. The average Bonchev–Trinajstić information content (AvgIpc) is 3.08. The normalized spacial score (nSPS) is 11.8. The molecule has 15 nitrogen and oxygen atoms in total. The molecule has 5 N–H and O–H groups in total. The topological polar surface area (TPSA) is 209 Å². The summed E-state index contributed by atoms with van der Waals surface area (Å²) in [6.45, 7) is 7.53. The van der Waals surface area contributed by atoms with Gasteiger partial charge in [0.05, 0.1) is 77.6 Å². The molecule has 0 radical (unpaired) electrons. The Morgan fingerprint density at radius 3 is 1.67 bits per heavy atom. The number of nitrogens with one attached hydrogen (secondary N) is 1. The quantitative estimate of drug-likeness (QED) is 0.0494. The third kappa shape index (κ3) is 19.1. The second kappa shape index (κ2) is 25.2. The lowest BCUT2D eigenvalue weighted by Crippen LogP contribution is -2.27. The van der Waals surface area contributed by atoms with Crippen molar-refractivity contribution in [2.24, 2.45) is 16.5 Å². The highest BCUT2D eigenvalue weighted by atomic mass is 32.2. The van der Waals surface area contributed by atoms with Crippen LogP contribution in [0.1, 0.15) is 32.3 Å². The predicted molar refractivity (Wildman–Crippen MR) is 187 cm³/mol. The number of ketones is 1. The van der Waals surface area contributed by atoms with Gasteiger partial charge in [-0.15, -0.1) is 0 Å². The van der Waals surface area contributed by atoms with E-state index in [4.69, 9.17) is 44.6 Å². The van der Waals surface area contributed by atoms with E-state index in [1.54, 1.807) is 6.92 Å². The summed E-state index contributed by atoms with van der Waals surface area (Å²) in [7, 11) is -3.90. The number of nitrogens with zero attached hydrogens (tertiary/aromatic N) is 1. The van der Waals surface area contributed by atoms with Gasteiger partial charge in [0.15, 0.2) is 23.3 Å². The molecule has 290 valence electrons. The molecule has 2 aromatic rings. The highest BCUT2D eigenvalue weighted by Crippen LogP contribution is 2.30. The maximum Gasteiger partial charge on any atom is 0.275 e. The van der Waals surface area contributed by atoms with Gasteiger partial charge in [-0.2, -0.15) is 4.99 Å². The predicted octanol–water partition coefficient (Wildman–Crippen LogP) is 2.71. The summed E-state index contributed by atoms with van der Waals surface area (Å²) >= 11 is 0. The second-order valence-electron chi connectivity index (χ2n) is 10.9. The lowest BCUT2D eigenvalue weighted by Gasteiger charge is -2.11. The van der Waals surface area contributed by atoms with Crippen LogP contribution in [0.4, 0.5) is 8.78 Å². The van der Waals surface area contributed by atoms with Crippen molar-refractivity contribution in [2.45, 2.75) is 31.6 Å². The first kappa shape index (κ1) is 44.3. The number of amides is 1. The summed E-state index contributed by atoms with van der Waals surface area (Å²) in [5, 5.41) is 0. The van der Waals surface area contributed by atoms with E-state index in [2.05, 4.69) is 9.71 Å². The highest BCUT2D eigenvalue weighted by molar-refractivity contribution is 7.89. The monoisotopic (exact) mass is 758 g/mol. The van der Waals surface area contributed by atoms with Gasteiger partial charge in [0.2, 0.25) is 10.0 Å². The molecule has 0 heterocycles. The Morgan fingerprint density at radius 2 is 1.21 bits per heavy atom. The minimum atomic E-state index is -3.90. The molecule has 0 bridgehead atoms. The van der Waals surface area contributed by atoms with Crippen molar-refractivity contribution >= 4 is 33.7 Å². The van der Waals surface area contributed by atoms with Crippen molar-refractivity contribution in [1.29, 1.82) is 0 Å². The number of carbonyl (C=O) groups excluding carboxylic acids is 2. The van der Waals surface area contributed by atoms with E-state index in [9.17, 15) is 26.8 Å². The van der Waals surface area contributed by atoms with E-state index in [1.807, 2.05) is 0 Å². The second-order valence-corrected chi connectivity index (χ2v) is 12.7. The Labute approximate surface area is 302 Å². The van der Waals surface area contributed by atoms with Gasteiger partial charge in [-0.05, 0) is 68.3 Å². The number of nitrogens with two attached hydrogens (primary N) is 2. The first-order chi connectivity index (χ1) is 24.9. The lowest BCUT2D eigenvalue weighted by molar-refractivity contribution is -0.117. The SMILES string of the molecule is CC(=O)CCCOCCOCCOCCOCCOCCOCCNS(=O)(=O)c1ccc(Oc2c(F)cc(/C=C(\C)C(=O)N=C(N)N)cc2F)cc1. The maximum absolute atomic E-state index is 14.7. The summed E-state index contributed by atoms with van der Waals surface area (Å²) < 4.78 is 94.7. The molecule has 0 aliphatic heterocycles. The van der Waals surface area contributed by atoms with Crippen LogP contribution in [0.15, 0.2) is 51.9 Å². The number of guanidine groups is 1. The van der Waals surface area contributed by atoms with E-state index in [-0.39, 0.29) is 47.3 Å². The summed E-state index contributed by atoms with van der Waals surface area (Å²) in [6.07, 6.45) is 2.45. The molecule has 2 aromatic carbocycles. The molecular formula is C34H48F2N4O11S. The molecule has 0 saturated carbocycles. The van der Waals surface area contributed by atoms with Gasteiger partial charge in [-0.25, -0.2) is 21.9 Å². The van der Waals surface area contributed by atoms with Crippen molar-refractivity contribution < 1.29 is 59.9 Å². The van der Waals surface area contributed by atoms with Gasteiger partial charge in [0.25, 0.3) is 5.91 Å². The van der Waals surface area contributed by atoms with Gasteiger partial charge in [0, 0.05) is 25.1 Å². The zero-order valence-electron chi connectivity index (χ0n) is 29.4. The number of halogens is 2. The Hall–Kier alpha value is -3.88. The van der Waals surface area contributed by atoms with Crippen molar-refractivity contribution in [1.82, 2.24) is 4.72 Å². The first-order valence-corrected chi connectivity index (χ1v) is 17.9. The zero-order valence-corrected chi connectivity index (χ0v) is 30.2. The minimum Gasteiger partial charge on any atom is -0.451 e. The van der Waals surface area contributed by atoms with Crippen LogP contribution in [0.5, 0.6) is 11.5 Å². The molecular weight excluding hydrogens is 710 g/mol. The molecule has 0 saturated heterocycles. The number of aliphatic imine (C=N–C) groups is 1. The van der Waals surface area contributed by atoms with E-state index in [1.165, 1.54) is 37.3 Å². The van der Waals surface area contributed by atoms with E-state index >= 15 is 0 Å². The third-order valence-electron chi connectivity index (χ3n) is 6.54. The summed E-state index contributed by atoms with van der Waals surface area (Å²) in [4.78, 5) is 25.9. The molecule has 18 heteroatoms. The van der Waals surface area contributed by atoms with Crippen LogP contribution in [-0.4, -0.2) is 112 Å². The van der Waals surface area contributed by atoms with Crippen LogP contribution in [-0.2, 0) is 48.0 Å². The number of ether oxygens (including phenoxy) is 7. The summed E-state index contributed by atoms with van der Waals surface area (Å²) in [5.41, 5.74) is 10.4. The van der Waals surface area contributed by atoms with Crippen molar-refractivity contribution in [3.63, 3.8) is 0 Å². The van der Waals surface area contributed by atoms with Gasteiger partial charge >= 0.3 is 0 Å². The number of rotatable bonds is 28. The van der Waals surface area contributed by atoms with Crippen LogP contribution in [0.25, 0.3) is 6.08 Å². The Kier molecular flexibility index (Phi) is 21.4. The van der Waals surface area contributed by atoms with Crippen LogP contribution < -0.4 is 20.9 Å². The standard InChI is InChI=1S/C34H48F2N4O11S/c1-25(33(42)40-34(37)38)22-27-23-30(35)32(31(36)24-27)51-28-5-7-29(8-6-28)52(43,44)39-9-11-46-13-15-48-17-19-50-21-20-49-18-16-47-14-12-45-10-3-4-26(2)41/h5-8,22-24,39H,3-4,9-21H2,1-2H3,(H4,37,38,40,42)/b25-22+. The molecule has 2 rings (SSSR count). The molecule has 52 heavy (non-hydrogen) atoms. The van der Waals surface area contributed by atoms with E-state index in [0.29, 0.717) is 72.5 Å². The number of hydrogen-bond acceptors (Lipinski definition) is 11. The highest BCUT2D eigenvalue weighted by Gasteiger charge is 2.17. The van der Waals surface area contributed by atoms with Crippen molar-refractivity contribution in [3.05, 3.63) is 59.2 Å². The smallest absolute Gasteiger partial charge is 0.275 e. The lowest BCUT2D eigenvalue weighted by atomic mass is 10.1. The molecule has 0 unspecified atom stereocenters. The fraction of sp³-hybridized carbons (Fsp3) is 0.500. The fourth-order valence-electron chi connectivity index (χ4n) is 4.04. The van der Waals surface area contributed by atoms with Crippen LogP contribution in [0.3, 0.4) is 0 Å². The zero-order chi connectivity index (χ0) is 38.2. The number of sulfonamides is 1. The van der Waals surface area contributed by atoms with E-state index in [0.717, 1.165) is 18.6 Å². The molecule has 0 atom stereocenters. The Bertz CT molecular complexity index is 1530. The summed E-state index contributed by atoms with van der Waals surface area (Å²) in [5.74, 6) is -3.89. The fourth-order valence-corrected chi connectivity index (χ4v) is 5.05. The third-order valence-corrected chi connectivity index (χ3v) is 8.02. The van der Waals surface area contributed by atoms with Crippen LogP contribution >= 0.6 is 0 Å². The van der Waals surface area contributed by atoms with Gasteiger partial charge < -0.3 is 49.4 Å². The number of benzene rings is 2. The maximum atomic E-state index is 14.7. The van der Waals surface area contributed by atoms with Gasteiger partial charge in [-0.1, -0.05) is 0 Å². The minimum absolute atomic E-state index is 0.00101. The molecule has 0 fully saturated rings. The van der Waals surface area contributed by atoms with Crippen LogP contribution in [0, 0.1) is 11.6 Å².